The predicted molar refractivity (Wildman–Crippen MR) is 190 cm³/mol. The van der Waals surface area contributed by atoms with Crippen molar-refractivity contribution in [2.75, 3.05) is 24.5 Å². The third-order valence-corrected chi connectivity index (χ3v) is 8.97. The zero-order valence-electron chi connectivity index (χ0n) is 29.9. The number of fused-ring (bicyclic) bond motifs is 1. The molecule has 0 unspecified atom stereocenters. The topological polar surface area (TPSA) is 126 Å². The van der Waals surface area contributed by atoms with Crippen LogP contribution in [0.4, 0.5) is 28.2 Å². The Morgan fingerprint density at radius 1 is 0.944 bits per heavy atom. The Kier molecular flexibility index (Phi) is 10.3. The third kappa shape index (κ3) is 7.84. The van der Waals surface area contributed by atoms with E-state index in [1.165, 1.54) is 40.1 Å². The van der Waals surface area contributed by atoms with Crippen LogP contribution in [0, 0.1) is 5.82 Å². The Balaban J connectivity index is 1.41. The van der Waals surface area contributed by atoms with Crippen molar-refractivity contribution < 1.29 is 41.5 Å². The summed E-state index contributed by atoms with van der Waals surface area (Å²) in [6.07, 6.45) is -3.66. The standard InChI is InChI=1S/C39H38F4N6O5/c1-5-48-35-31(30(23-14-16-27(40)17-15-23)32(36(48)52)45-34(51)24-10-9-11-26(20-24)39(41,42)43)29(46-49(35)28-12-7-6-8-13-28)21-44-33(50)25-18-19-47(22-25)37(53)54-38(2,3)4/h6-18,20,30,32H,5,19,21-22H2,1-4H3,(H,44,50)(H,45,51)/t30-,32-/m1/s1. The zero-order chi connectivity index (χ0) is 38.9. The number of hydrogen-bond acceptors (Lipinski definition) is 6. The molecule has 2 aliphatic rings. The second kappa shape index (κ2) is 14.8. The predicted octanol–water partition coefficient (Wildman–Crippen LogP) is 6.12. The van der Waals surface area contributed by atoms with Gasteiger partial charge in [-0.05, 0) is 75.7 Å². The molecule has 54 heavy (non-hydrogen) atoms. The largest absolute Gasteiger partial charge is 0.444 e. The number of carbonyl (C=O) groups excluding carboxylic acids is 4. The highest BCUT2D eigenvalue weighted by Crippen LogP contribution is 2.44. The Hall–Kier alpha value is -5.99. The molecule has 1 aromatic heterocycles. The molecule has 282 valence electrons. The number of aromatic nitrogens is 2. The molecular weight excluding hydrogens is 708 g/mol. The second-order valence-electron chi connectivity index (χ2n) is 13.8. The lowest BCUT2D eigenvalue weighted by molar-refractivity contribution is -0.137. The number of nitrogens with one attached hydrogen (secondary N) is 2. The minimum Gasteiger partial charge on any atom is -0.444 e. The van der Waals surface area contributed by atoms with Gasteiger partial charge in [-0.3, -0.25) is 24.2 Å². The van der Waals surface area contributed by atoms with Crippen LogP contribution < -0.4 is 15.5 Å². The summed E-state index contributed by atoms with van der Waals surface area (Å²) in [5.41, 5.74) is -0.0350. The van der Waals surface area contributed by atoms with E-state index < -0.39 is 58.9 Å². The molecule has 0 saturated heterocycles. The van der Waals surface area contributed by atoms with Crippen LogP contribution in [0.2, 0.25) is 0 Å². The average molecular weight is 747 g/mol. The normalized spacial score (nSPS) is 17.2. The fourth-order valence-corrected chi connectivity index (χ4v) is 6.51. The van der Waals surface area contributed by atoms with Crippen molar-refractivity contribution in [1.82, 2.24) is 25.3 Å². The van der Waals surface area contributed by atoms with Crippen molar-refractivity contribution in [3.8, 4) is 5.69 Å². The lowest BCUT2D eigenvalue weighted by Gasteiger charge is -2.38. The maximum Gasteiger partial charge on any atom is 0.416 e. The van der Waals surface area contributed by atoms with Crippen molar-refractivity contribution in [1.29, 1.82) is 0 Å². The van der Waals surface area contributed by atoms with Crippen molar-refractivity contribution in [2.24, 2.45) is 0 Å². The van der Waals surface area contributed by atoms with Gasteiger partial charge in [-0.2, -0.15) is 18.3 Å². The lowest BCUT2D eigenvalue weighted by atomic mass is 9.80. The molecule has 0 saturated carbocycles. The first-order valence-corrected chi connectivity index (χ1v) is 17.2. The van der Waals surface area contributed by atoms with E-state index >= 15 is 0 Å². The molecule has 0 bridgehead atoms. The molecule has 2 atom stereocenters. The summed E-state index contributed by atoms with van der Waals surface area (Å²) in [5.74, 6) is -3.23. The maximum atomic E-state index is 14.5. The Morgan fingerprint density at radius 2 is 1.65 bits per heavy atom. The van der Waals surface area contributed by atoms with E-state index in [1.807, 2.05) is 0 Å². The zero-order valence-corrected chi connectivity index (χ0v) is 29.9. The number of halogens is 4. The minimum absolute atomic E-state index is 0.0112. The average Bonchev–Trinajstić information content (AvgIpc) is 3.77. The lowest BCUT2D eigenvalue weighted by Crippen LogP contribution is -2.55. The molecule has 0 aliphatic carbocycles. The fourth-order valence-electron chi connectivity index (χ4n) is 6.51. The minimum atomic E-state index is -4.71. The molecule has 3 heterocycles. The van der Waals surface area contributed by atoms with Crippen LogP contribution >= 0.6 is 0 Å². The Bertz CT molecular complexity index is 2110. The van der Waals surface area contributed by atoms with Crippen molar-refractivity contribution in [3.05, 3.63) is 124 Å². The molecule has 0 fully saturated rings. The number of likely N-dealkylation sites (N-methyl/N-ethyl adjacent to an activating group) is 1. The summed E-state index contributed by atoms with van der Waals surface area (Å²) in [4.78, 5) is 57.1. The van der Waals surface area contributed by atoms with Gasteiger partial charge in [0.25, 0.3) is 11.8 Å². The third-order valence-electron chi connectivity index (χ3n) is 8.97. The van der Waals surface area contributed by atoms with Crippen molar-refractivity contribution >= 4 is 29.6 Å². The van der Waals surface area contributed by atoms with Crippen LogP contribution in [0.5, 0.6) is 0 Å². The maximum absolute atomic E-state index is 14.5. The van der Waals surface area contributed by atoms with Gasteiger partial charge in [0, 0.05) is 35.7 Å². The van der Waals surface area contributed by atoms with Crippen LogP contribution in [0.1, 0.15) is 66.4 Å². The smallest absolute Gasteiger partial charge is 0.416 e. The van der Waals surface area contributed by atoms with E-state index in [0.717, 1.165) is 12.1 Å². The van der Waals surface area contributed by atoms with Crippen LogP contribution in [0.25, 0.3) is 5.69 Å². The summed E-state index contributed by atoms with van der Waals surface area (Å²) in [6.45, 7) is 7.07. The number of hydrogen-bond donors (Lipinski definition) is 2. The van der Waals surface area contributed by atoms with Crippen molar-refractivity contribution in [3.63, 3.8) is 0 Å². The number of alkyl halides is 3. The quantitative estimate of drug-likeness (QED) is 0.210. The van der Waals surface area contributed by atoms with Gasteiger partial charge in [-0.15, -0.1) is 0 Å². The van der Waals surface area contributed by atoms with Gasteiger partial charge in [0.05, 0.1) is 30.0 Å². The SMILES string of the molecule is CCN1C(=O)[C@H](NC(=O)c2cccc(C(F)(F)F)c2)[C@H](c2ccc(F)cc2)c2c(CNC(=O)C3=CCN(C(=O)OC(C)(C)C)C3)nn(-c3ccccc3)c21. The molecule has 15 heteroatoms. The van der Waals surface area contributed by atoms with Gasteiger partial charge in [-0.1, -0.05) is 42.5 Å². The first-order valence-electron chi connectivity index (χ1n) is 17.2. The number of carbonyl (C=O) groups is 4. The van der Waals surface area contributed by atoms with Crippen LogP contribution in [0.15, 0.2) is 90.5 Å². The van der Waals surface area contributed by atoms with Crippen LogP contribution in [-0.4, -0.2) is 69.8 Å². The van der Waals surface area contributed by atoms with Gasteiger partial charge in [0.2, 0.25) is 5.91 Å². The Morgan fingerprint density at radius 3 is 2.30 bits per heavy atom. The number of para-hydroxylation sites is 1. The van der Waals surface area contributed by atoms with Crippen LogP contribution in [-0.2, 0) is 27.0 Å². The molecule has 2 aliphatic heterocycles. The van der Waals surface area contributed by atoms with E-state index in [-0.39, 0.29) is 31.7 Å². The molecule has 4 amide bonds. The molecule has 2 N–H and O–H groups in total. The van der Waals surface area contributed by atoms with Gasteiger partial charge in [0.15, 0.2) is 0 Å². The number of amides is 4. The molecule has 4 aromatic rings. The summed E-state index contributed by atoms with van der Waals surface area (Å²) in [7, 11) is 0. The highest BCUT2D eigenvalue weighted by Gasteiger charge is 2.46. The fraction of sp³-hybridized carbons (Fsp3) is 0.308. The van der Waals surface area contributed by atoms with Gasteiger partial charge in [-0.25, -0.2) is 13.9 Å². The number of ether oxygens (including phenoxy) is 1. The summed E-state index contributed by atoms with van der Waals surface area (Å²) >= 11 is 0. The number of nitrogens with zero attached hydrogens (tertiary/aromatic N) is 4. The first kappa shape index (κ1) is 37.8. The molecule has 6 rings (SSSR count). The van der Waals surface area contributed by atoms with Crippen molar-refractivity contribution in [2.45, 2.75) is 58.0 Å². The summed E-state index contributed by atoms with van der Waals surface area (Å²) in [6, 6.07) is 16.7. The molecule has 3 aromatic carbocycles. The first-order chi connectivity index (χ1) is 25.6. The monoisotopic (exact) mass is 746 g/mol. The summed E-state index contributed by atoms with van der Waals surface area (Å²) < 4.78 is 62.0. The van der Waals surface area contributed by atoms with Gasteiger partial charge in [0.1, 0.15) is 23.3 Å². The van der Waals surface area contributed by atoms with E-state index in [0.29, 0.717) is 40.0 Å². The highest BCUT2D eigenvalue weighted by atomic mass is 19.4. The van der Waals surface area contributed by atoms with Gasteiger partial charge >= 0.3 is 12.3 Å². The Labute approximate surface area is 308 Å². The summed E-state index contributed by atoms with van der Waals surface area (Å²) in [5, 5.41) is 10.4. The molecule has 0 radical (unpaired) electrons. The molecule has 0 spiro atoms. The van der Waals surface area contributed by atoms with E-state index in [4.69, 9.17) is 9.84 Å². The number of anilines is 1. The van der Waals surface area contributed by atoms with E-state index in [1.54, 1.807) is 68.8 Å². The number of benzene rings is 3. The molecular formula is C39H38F4N6O5. The van der Waals surface area contributed by atoms with Gasteiger partial charge < -0.3 is 15.4 Å². The molecule has 11 nitrogen and oxygen atoms in total. The van der Waals surface area contributed by atoms with Crippen LogP contribution in [0.3, 0.4) is 0 Å². The van der Waals surface area contributed by atoms with E-state index in [2.05, 4.69) is 10.6 Å². The second-order valence-corrected chi connectivity index (χ2v) is 13.8. The number of rotatable bonds is 8. The highest BCUT2D eigenvalue weighted by molar-refractivity contribution is 6.05. The van der Waals surface area contributed by atoms with E-state index in [9.17, 15) is 36.7 Å².